The van der Waals surface area contributed by atoms with Crippen molar-refractivity contribution in [3.05, 3.63) is 59.1 Å². The Labute approximate surface area is 157 Å². The van der Waals surface area contributed by atoms with Gasteiger partial charge in [-0.25, -0.2) is 9.18 Å². The number of hydrogen-bond donors (Lipinski definition) is 1. The third-order valence-electron chi connectivity index (χ3n) is 4.69. The summed E-state index contributed by atoms with van der Waals surface area (Å²) in [7, 11) is 0. The van der Waals surface area contributed by atoms with Crippen molar-refractivity contribution in [3.63, 3.8) is 0 Å². The van der Waals surface area contributed by atoms with Gasteiger partial charge in [0.15, 0.2) is 5.82 Å². The molecule has 0 radical (unpaired) electrons. The number of aromatic nitrogens is 1. The number of nitrogens with zero attached hydrogens (tertiary/aromatic N) is 3. The Balaban J connectivity index is 1.63. The minimum absolute atomic E-state index is 0.0465. The number of piperazine rings is 1. The second-order valence-corrected chi connectivity index (χ2v) is 6.92. The molecule has 0 spiro atoms. The third-order valence-corrected chi connectivity index (χ3v) is 5.04. The molecule has 1 saturated heterocycles. The van der Waals surface area contributed by atoms with Crippen LogP contribution in [0.15, 0.2) is 42.7 Å². The molecule has 2 heterocycles. The Kier molecular flexibility index (Phi) is 5.61. The van der Waals surface area contributed by atoms with E-state index in [1.807, 2.05) is 43.0 Å². The van der Waals surface area contributed by atoms with Crippen molar-refractivity contribution in [2.24, 2.45) is 0 Å². The van der Waals surface area contributed by atoms with E-state index in [4.69, 9.17) is 11.6 Å². The van der Waals surface area contributed by atoms with E-state index in [0.29, 0.717) is 30.3 Å². The molecule has 1 N–H and O–H groups in total. The van der Waals surface area contributed by atoms with Crippen LogP contribution in [-0.2, 0) is 0 Å². The van der Waals surface area contributed by atoms with E-state index < -0.39 is 0 Å². The average Bonchev–Trinajstić information content (AvgIpc) is 2.62. The second kappa shape index (κ2) is 7.91. The number of benzene rings is 1. The molecule has 5 nitrogen and oxygen atoms in total. The van der Waals surface area contributed by atoms with Crippen LogP contribution in [0.4, 0.5) is 14.9 Å². The van der Waals surface area contributed by atoms with E-state index in [2.05, 4.69) is 10.3 Å². The highest BCUT2D eigenvalue weighted by Crippen LogP contribution is 2.24. The predicted octanol–water partition coefficient (Wildman–Crippen LogP) is 3.86. The summed E-state index contributed by atoms with van der Waals surface area (Å²) in [6.07, 6.45) is 2.79. The molecule has 2 aromatic rings. The molecule has 3 rings (SSSR count). The molecule has 7 heteroatoms. The van der Waals surface area contributed by atoms with Crippen LogP contribution in [0.5, 0.6) is 0 Å². The summed E-state index contributed by atoms with van der Waals surface area (Å²) >= 11 is 6.21. The number of carbonyl (C=O) groups is 1. The molecule has 2 unspecified atom stereocenters. The smallest absolute Gasteiger partial charge is 0.318 e. The van der Waals surface area contributed by atoms with Gasteiger partial charge in [-0.05, 0) is 31.5 Å². The fourth-order valence-corrected chi connectivity index (χ4v) is 3.57. The first kappa shape index (κ1) is 18.5. The first-order valence-corrected chi connectivity index (χ1v) is 9.01. The van der Waals surface area contributed by atoms with Crippen LogP contribution in [0, 0.1) is 5.82 Å². The maximum Gasteiger partial charge on any atom is 0.318 e. The van der Waals surface area contributed by atoms with Crippen LogP contribution in [0.1, 0.15) is 25.5 Å². The lowest BCUT2D eigenvalue weighted by molar-refractivity contribution is 0.168. The lowest BCUT2D eigenvalue weighted by Gasteiger charge is -2.41. The van der Waals surface area contributed by atoms with Gasteiger partial charge in [-0.2, -0.15) is 0 Å². The number of carbonyl (C=O) groups excluding carboxylic acids is 1. The monoisotopic (exact) mass is 376 g/mol. The molecule has 26 heavy (non-hydrogen) atoms. The van der Waals surface area contributed by atoms with Crippen molar-refractivity contribution in [1.82, 2.24) is 15.2 Å². The highest BCUT2D eigenvalue weighted by Gasteiger charge is 2.29. The van der Waals surface area contributed by atoms with Gasteiger partial charge in [-0.1, -0.05) is 29.8 Å². The Morgan fingerprint density at radius 3 is 2.81 bits per heavy atom. The number of amides is 2. The van der Waals surface area contributed by atoms with Crippen molar-refractivity contribution >= 4 is 23.3 Å². The SMILES string of the molecule is CC(NC(=O)N1CCN(c2ccncc2F)CC1C)c1ccccc1Cl. The van der Waals surface area contributed by atoms with Gasteiger partial charge in [0.05, 0.1) is 17.9 Å². The van der Waals surface area contributed by atoms with Gasteiger partial charge in [-0.15, -0.1) is 0 Å². The Morgan fingerprint density at radius 2 is 2.12 bits per heavy atom. The van der Waals surface area contributed by atoms with Gasteiger partial charge in [0.25, 0.3) is 0 Å². The summed E-state index contributed by atoms with van der Waals surface area (Å²) in [6.45, 7) is 5.52. The zero-order chi connectivity index (χ0) is 18.7. The van der Waals surface area contributed by atoms with Gasteiger partial charge in [-0.3, -0.25) is 4.98 Å². The number of rotatable bonds is 3. The van der Waals surface area contributed by atoms with Gasteiger partial charge in [0.1, 0.15) is 0 Å². The van der Waals surface area contributed by atoms with Crippen molar-refractivity contribution < 1.29 is 9.18 Å². The number of nitrogens with one attached hydrogen (secondary N) is 1. The molecule has 0 saturated carbocycles. The van der Waals surface area contributed by atoms with E-state index in [1.165, 1.54) is 6.20 Å². The minimum atomic E-state index is -0.343. The Hall–Kier alpha value is -2.34. The molecule has 1 aromatic carbocycles. The molecule has 1 fully saturated rings. The zero-order valence-corrected chi connectivity index (χ0v) is 15.6. The van der Waals surface area contributed by atoms with Crippen molar-refractivity contribution in [3.8, 4) is 0 Å². The van der Waals surface area contributed by atoms with Gasteiger partial charge >= 0.3 is 6.03 Å². The molecule has 1 aromatic heterocycles. The van der Waals surface area contributed by atoms with Crippen LogP contribution in [0.3, 0.4) is 0 Å². The molecule has 138 valence electrons. The highest BCUT2D eigenvalue weighted by molar-refractivity contribution is 6.31. The summed E-state index contributed by atoms with van der Waals surface area (Å²) in [4.78, 5) is 20.2. The molecular weight excluding hydrogens is 355 g/mol. The summed E-state index contributed by atoms with van der Waals surface area (Å²) in [5.41, 5.74) is 1.41. The topological polar surface area (TPSA) is 48.5 Å². The summed E-state index contributed by atoms with van der Waals surface area (Å²) in [5.74, 6) is -0.343. The number of hydrogen-bond acceptors (Lipinski definition) is 3. The van der Waals surface area contributed by atoms with Crippen LogP contribution >= 0.6 is 11.6 Å². The average molecular weight is 377 g/mol. The minimum Gasteiger partial charge on any atom is -0.365 e. The first-order chi connectivity index (χ1) is 12.5. The maximum atomic E-state index is 13.9. The fraction of sp³-hybridized carbons (Fsp3) is 0.368. The molecule has 1 aliphatic heterocycles. The van der Waals surface area contributed by atoms with Gasteiger partial charge in [0.2, 0.25) is 0 Å². The molecule has 0 aliphatic carbocycles. The van der Waals surface area contributed by atoms with E-state index in [1.54, 1.807) is 17.2 Å². The van der Waals surface area contributed by atoms with E-state index >= 15 is 0 Å². The highest BCUT2D eigenvalue weighted by atomic mass is 35.5. The summed E-state index contributed by atoms with van der Waals surface area (Å²) in [5, 5.41) is 3.63. The zero-order valence-electron chi connectivity index (χ0n) is 14.8. The first-order valence-electron chi connectivity index (χ1n) is 8.63. The van der Waals surface area contributed by atoms with E-state index in [9.17, 15) is 9.18 Å². The summed E-state index contributed by atoms with van der Waals surface area (Å²) in [6, 6.07) is 8.75. The number of halogens is 2. The fourth-order valence-electron chi connectivity index (χ4n) is 3.27. The molecular formula is C19H22ClFN4O. The number of anilines is 1. The largest absolute Gasteiger partial charge is 0.365 e. The van der Waals surface area contributed by atoms with Gasteiger partial charge < -0.3 is 15.1 Å². The number of pyridine rings is 1. The molecule has 1 aliphatic rings. The Bertz CT molecular complexity index is 788. The van der Waals surface area contributed by atoms with Crippen LogP contribution < -0.4 is 10.2 Å². The molecule has 0 bridgehead atoms. The lowest BCUT2D eigenvalue weighted by atomic mass is 10.1. The van der Waals surface area contributed by atoms with E-state index in [-0.39, 0.29) is 23.9 Å². The normalized spacial score (nSPS) is 18.5. The van der Waals surface area contributed by atoms with Crippen molar-refractivity contribution in [1.29, 1.82) is 0 Å². The maximum absolute atomic E-state index is 13.9. The number of urea groups is 1. The lowest BCUT2D eigenvalue weighted by Crippen LogP contribution is -2.57. The van der Waals surface area contributed by atoms with Crippen LogP contribution in [-0.4, -0.2) is 41.6 Å². The molecule has 2 amide bonds. The second-order valence-electron chi connectivity index (χ2n) is 6.51. The third kappa shape index (κ3) is 3.90. The predicted molar refractivity (Wildman–Crippen MR) is 101 cm³/mol. The van der Waals surface area contributed by atoms with Crippen LogP contribution in [0.25, 0.3) is 0 Å². The summed E-state index contributed by atoms with van der Waals surface area (Å²) < 4.78 is 13.9. The Morgan fingerprint density at radius 1 is 1.35 bits per heavy atom. The van der Waals surface area contributed by atoms with Crippen molar-refractivity contribution in [2.45, 2.75) is 25.9 Å². The van der Waals surface area contributed by atoms with Crippen LogP contribution in [0.2, 0.25) is 5.02 Å². The van der Waals surface area contributed by atoms with Crippen molar-refractivity contribution in [2.75, 3.05) is 24.5 Å². The quantitative estimate of drug-likeness (QED) is 0.885. The molecule has 2 atom stereocenters. The standard InChI is InChI=1S/C19H22ClFN4O/c1-13-12-24(18-7-8-22-11-17(18)21)9-10-25(13)19(26)23-14(2)15-5-3-4-6-16(15)20/h3-8,11,13-14H,9-10,12H2,1-2H3,(H,23,26). The van der Waals surface area contributed by atoms with Gasteiger partial charge in [0, 0.05) is 36.9 Å². The van der Waals surface area contributed by atoms with E-state index in [0.717, 1.165) is 5.56 Å².